The molecule has 0 radical (unpaired) electrons. The molecule has 1 saturated heterocycles. The molecule has 0 aromatic heterocycles. The van der Waals surface area contributed by atoms with Gasteiger partial charge in [-0.3, -0.25) is 19.8 Å². The van der Waals surface area contributed by atoms with Crippen LogP contribution in [0.5, 0.6) is 0 Å². The summed E-state index contributed by atoms with van der Waals surface area (Å²) < 4.78 is 0. The van der Waals surface area contributed by atoms with Crippen molar-refractivity contribution >= 4 is 58.7 Å². The van der Waals surface area contributed by atoms with Gasteiger partial charge in [-0.05, 0) is 30.7 Å². The Morgan fingerprint density at radius 3 is 2.20 bits per heavy atom. The van der Waals surface area contributed by atoms with Gasteiger partial charge in [0, 0.05) is 21.3 Å². The van der Waals surface area contributed by atoms with Gasteiger partial charge < -0.3 is 0 Å². The van der Waals surface area contributed by atoms with Crippen molar-refractivity contribution in [3.8, 4) is 0 Å². The molecule has 25 heavy (non-hydrogen) atoms. The summed E-state index contributed by atoms with van der Waals surface area (Å²) in [4.78, 5) is 33.9. The minimum Gasteiger partial charge on any atom is -0.298 e. The molecular weight excluding hydrogens is 387 g/mol. The molecule has 2 aromatic rings. The van der Waals surface area contributed by atoms with E-state index in [1.807, 2.05) is 19.1 Å². The average Bonchev–Trinajstić information content (AvgIpc) is 2.88. The van der Waals surface area contributed by atoms with Crippen molar-refractivity contribution in [3.05, 3.63) is 62.6 Å². The van der Waals surface area contributed by atoms with Crippen LogP contribution in [0.15, 0.2) is 36.4 Å². The molecule has 2 aromatic carbocycles. The highest BCUT2D eigenvalue weighted by molar-refractivity contribution is 6.35. The molecule has 0 bridgehead atoms. The summed E-state index contributed by atoms with van der Waals surface area (Å²) in [6.07, 6.45) is 0.759. The minimum absolute atomic E-state index is 0.00446. The number of carbonyl (C=O) groups is 3. The fourth-order valence-corrected chi connectivity index (χ4v) is 2.79. The highest BCUT2D eigenvalue weighted by Crippen LogP contribution is 2.26. The first kappa shape index (κ1) is 19.2. The number of imide groups is 1. The number of aldehydes is 1. The van der Waals surface area contributed by atoms with Gasteiger partial charge in [0.25, 0.3) is 0 Å². The van der Waals surface area contributed by atoms with Crippen LogP contribution >= 0.6 is 34.8 Å². The van der Waals surface area contributed by atoms with Crippen LogP contribution in [0.4, 0.5) is 10.5 Å². The van der Waals surface area contributed by atoms with Crippen LogP contribution in [0.2, 0.25) is 15.1 Å². The van der Waals surface area contributed by atoms with Crippen LogP contribution < -0.4 is 10.2 Å². The summed E-state index contributed by atoms with van der Waals surface area (Å²) >= 11 is 17.3. The maximum absolute atomic E-state index is 11.3. The number of anilines is 1. The summed E-state index contributed by atoms with van der Waals surface area (Å²) in [5.41, 5.74) is 2.00. The van der Waals surface area contributed by atoms with E-state index >= 15 is 0 Å². The maximum atomic E-state index is 11.3. The molecular formula is C17H13Cl3N2O3. The molecule has 0 atom stereocenters. The number of nitrogens with one attached hydrogen (secondary N) is 1. The van der Waals surface area contributed by atoms with E-state index in [2.05, 4.69) is 5.32 Å². The molecule has 1 heterocycles. The molecule has 3 amide bonds. The smallest absolute Gasteiger partial charge is 0.298 e. The highest BCUT2D eigenvalue weighted by atomic mass is 35.5. The molecule has 0 spiro atoms. The average molecular weight is 400 g/mol. The van der Waals surface area contributed by atoms with Crippen LogP contribution in [0.3, 0.4) is 0 Å². The van der Waals surface area contributed by atoms with Crippen LogP contribution in [0.25, 0.3) is 0 Å². The molecule has 0 unspecified atom stereocenters. The molecule has 8 heteroatoms. The summed E-state index contributed by atoms with van der Waals surface area (Å²) in [6, 6.07) is 9.63. The lowest BCUT2D eigenvalue weighted by Crippen LogP contribution is -2.27. The number of nitrogens with zero attached hydrogens (tertiary/aromatic N) is 1. The summed E-state index contributed by atoms with van der Waals surface area (Å²) in [5.74, 6) is -0.337. The Hall–Kier alpha value is -2.08. The maximum Gasteiger partial charge on any atom is 0.329 e. The van der Waals surface area contributed by atoms with Gasteiger partial charge in [0.15, 0.2) is 6.29 Å². The molecule has 1 N–H and O–H groups in total. The number of carbonyl (C=O) groups excluding carboxylic acids is 3. The lowest BCUT2D eigenvalue weighted by atomic mass is 10.1. The monoisotopic (exact) mass is 398 g/mol. The molecule has 0 aliphatic carbocycles. The number of hydrogen-bond acceptors (Lipinski definition) is 3. The largest absolute Gasteiger partial charge is 0.329 e. The first-order chi connectivity index (χ1) is 11.8. The normalized spacial score (nSPS) is 13.2. The van der Waals surface area contributed by atoms with Crippen LogP contribution in [0.1, 0.15) is 15.9 Å². The molecule has 1 aliphatic rings. The van der Waals surface area contributed by atoms with E-state index < -0.39 is 6.03 Å². The summed E-state index contributed by atoms with van der Waals surface area (Å²) in [6.45, 7) is 1.87. The zero-order valence-corrected chi connectivity index (χ0v) is 15.3. The van der Waals surface area contributed by atoms with Gasteiger partial charge in [0.05, 0.1) is 5.02 Å². The quantitative estimate of drug-likeness (QED) is 0.597. The summed E-state index contributed by atoms with van der Waals surface area (Å²) in [5, 5.41) is 3.56. The van der Waals surface area contributed by atoms with E-state index in [1.165, 1.54) is 4.90 Å². The van der Waals surface area contributed by atoms with Gasteiger partial charge in [-0.1, -0.05) is 53.0 Å². The fourth-order valence-electron chi connectivity index (χ4n) is 2.11. The first-order valence-electron chi connectivity index (χ1n) is 7.09. The SMILES string of the molecule is Cc1cccc(C=O)c1Cl.O=C1CN(c2cc(Cl)cc(Cl)c2)C(=O)N1. The van der Waals surface area contributed by atoms with E-state index in [4.69, 9.17) is 34.8 Å². The summed E-state index contributed by atoms with van der Waals surface area (Å²) in [7, 11) is 0. The molecule has 5 nitrogen and oxygen atoms in total. The van der Waals surface area contributed by atoms with Gasteiger partial charge >= 0.3 is 6.03 Å². The Morgan fingerprint density at radius 2 is 1.72 bits per heavy atom. The van der Waals surface area contributed by atoms with Gasteiger partial charge in [-0.2, -0.15) is 0 Å². The van der Waals surface area contributed by atoms with E-state index in [1.54, 1.807) is 24.3 Å². The molecule has 130 valence electrons. The lowest BCUT2D eigenvalue weighted by Gasteiger charge is -2.13. The number of halogens is 3. The van der Waals surface area contributed by atoms with E-state index in [-0.39, 0.29) is 12.5 Å². The Kier molecular flexibility index (Phi) is 6.42. The molecule has 3 rings (SSSR count). The lowest BCUT2D eigenvalue weighted by molar-refractivity contribution is -0.117. The number of benzene rings is 2. The zero-order chi connectivity index (χ0) is 18.6. The van der Waals surface area contributed by atoms with Gasteiger partial charge in [0.1, 0.15) is 6.54 Å². The van der Waals surface area contributed by atoms with Crippen LogP contribution in [0, 0.1) is 6.92 Å². The fraction of sp³-hybridized carbons (Fsp3) is 0.118. The first-order valence-corrected chi connectivity index (χ1v) is 8.23. The predicted octanol–water partition coefficient (Wildman–Crippen LogP) is 4.51. The highest BCUT2D eigenvalue weighted by Gasteiger charge is 2.28. The standard InChI is InChI=1S/C9H6Cl2N2O2.C8H7ClO/c10-5-1-6(11)3-7(2-5)13-4-8(14)12-9(13)15;1-6-3-2-4-7(5-10)8(6)9/h1-3H,4H2,(H,12,14,15);2-5H,1H3. The number of amides is 3. The van der Waals surface area contributed by atoms with Gasteiger partial charge in [-0.25, -0.2) is 4.79 Å². The molecule has 1 fully saturated rings. The van der Waals surface area contributed by atoms with Crippen molar-refractivity contribution in [3.63, 3.8) is 0 Å². The second kappa shape index (κ2) is 8.34. The third-order valence-electron chi connectivity index (χ3n) is 3.30. The third kappa shape index (κ3) is 4.95. The second-order valence-corrected chi connectivity index (χ2v) is 6.41. The Labute approximate surface area is 159 Å². The molecule has 0 saturated carbocycles. The number of rotatable bonds is 2. The predicted molar refractivity (Wildman–Crippen MR) is 98.9 cm³/mol. The second-order valence-electron chi connectivity index (χ2n) is 5.16. The Morgan fingerprint density at radius 1 is 1.08 bits per heavy atom. The number of urea groups is 1. The van der Waals surface area contributed by atoms with Gasteiger partial charge in [-0.15, -0.1) is 0 Å². The Bertz CT molecular complexity index is 820. The van der Waals surface area contributed by atoms with Crippen molar-refractivity contribution < 1.29 is 14.4 Å². The van der Waals surface area contributed by atoms with Crippen molar-refractivity contribution in [2.24, 2.45) is 0 Å². The minimum atomic E-state index is -0.460. The van der Waals surface area contributed by atoms with Crippen molar-refractivity contribution in [2.45, 2.75) is 6.92 Å². The van der Waals surface area contributed by atoms with E-state index in [9.17, 15) is 14.4 Å². The van der Waals surface area contributed by atoms with Crippen LogP contribution in [-0.2, 0) is 4.79 Å². The Balaban J connectivity index is 0.000000196. The van der Waals surface area contributed by atoms with E-state index in [0.717, 1.165) is 11.8 Å². The zero-order valence-electron chi connectivity index (χ0n) is 13.1. The van der Waals surface area contributed by atoms with E-state index in [0.29, 0.717) is 26.3 Å². The molecule has 1 aliphatic heterocycles. The van der Waals surface area contributed by atoms with Crippen molar-refractivity contribution in [1.29, 1.82) is 0 Å². The topological polar surface area (TPSA) is 66.5 Å². The van der Waals surface area contributed by atoms with Crippen molar-refractivity contribution in [2.75, 3.05) is 11.4 Å². The third-order valence-corrected chi connectivity index (χ3v) is 4.25. The van der Waals surface area contributed by atoms with Crippen LogP contribution in [-0.4, -0.2) is 24.8 Å². The van der Waals surface area contributed by atoms with Gasteiger partial charge in [0.2, 0.25) is 5.91 Å². The van der Waals surface area contributed by atoms with Crippen molar-refractivity contribution in [1.82, 2.24) is 5.32 Å². The number of hydrogen-bond donors (Lipinski definition) is 1. The number of aryl methyl sites for hydroxylation is 1.